The van der Waals surface area contributed by atoms with E-state index in [0.717, 1.165) is 12.7 Å². The SMILES string of the molecule is CC(C)(C)[C@@H](N)c1cc(I)cc(I)c1O.Cl. The Bertz CT molecular complexity index is 377. The third kappa shape index (κ3) is 3.89. The van der Waals surface area contributed by atoms with Crippen LogP contribution < -0.4 is 5.73 Å². The van der Waals surface area contributed by atoms with E-state index in [0.29, 0.717) is 5.75 Å². The van der Waals surface area contributed by atoms with Crippen molar-refractivity contribution in [2.24, 2.45) is 11.1 Å². The summed E-state index contributed by atoms with van der Waals surface area (Å²) >= 11 is 4.36. The molecule has 0 bridgehead atoms. The molecular formula is C11H16ClI2NO. The Morgan fingerprint density at radius 1 is 1.25 bits per heavy atom. The van der Waals surface area contributed by atoms with E-state index in [9.17, 15) is 5.11 Å². The Kier molecular flexibility index (Phi) is 6.34. The lowest BCUT2D eigenvalue weighted by Gasteiger charge is -2.28. The van der Waals surface area contributed by atoms with Gasteiger partial charge in [0.1, 0.15) is 5.75 Å². The highest BCUT2D eigenvalue weighted by Gasteiger charge is 2.25. The second-order valence-corrected chi connectivity index (χ2v) is 7.08. The molecule has 1 aromatic carbocycles. The number of rotatable bonds is 1. The molecule has 1 atom stereocenters. The number of hydrogen-bond donors (Lipinski definition) is 2. The maximum absolute atomic E-state index is 9.96. The zero-order valence-electron chi connectivity index (χ0n) is 9.42. The van der Waals surface area contributed by atoms with Gasteiger partial charge in [0.05, 0.1) is 3.57 Å². The summed E-state index contributed by atoms with van der Waals surface area (Å²) in [5.74, 6) is 0.318. The second kappa shape index (κ2) is 6.06. The van der Waals surface area contributed by atoms with Gasteiger partial charge >= 0.3 is 0 Å². The molecule has 0 radical (unpaired) electrons. The fraction of sp³-hybridized carbons (Fsp3) is 0.455. The van der Waals surface area contributed by atoms with E-state index in [-0.39, 0.29) is 23.9 Å². The molecule has 0 aliphatic heterocycles. The number of phenols is 1. The molecule has 0 aliphatic rings. The molecule has 0 unspecified atom stereocenters. The lowest BCUT2D eigenvalue weighted by molar-refractivity contribution is 0.317. The molecule has 1 rings (SSSR count). The van der Waals surface area contributed by atoms with Gasteiger partial charge in [0.15, 0.2) is 0 Å². The molecule has 3 N–H and O–H groups in total. The Hall–Kier alpha value is 0.730. The molecule has 0 saturated heterocycles. The summed E-state index contributed by atoms with van der Waals surface area (Å²) in [6, 6.07) is 3.74. The Morgan fingerprint density at radius 3 is 2.19 bits per heavy atom. The minimum Gasteiger partial charge on any atom is -0.506 e. The van der Waals surface area contributed by atoms with Crippen LogP contribution in [0, 0.1) is 12.6 Å². The molecule has 0 aromatic heterocycles. The lowest BCUT2D eigenvalue weighted by Crippen LogP contribution is -2.26. The van der Waals surface area contributed by atoms with E-state index in [2.05, 4.69) is 66.0 Å². The smallest absolute Gasteiger partial charge is 0.133 e. The van der Waals surface area contributed by atoms with E-state index in [1.54, 1.807) is 0 Å². The van der Waals surface area contributed by atoms with Crippen LogP contribution in [0.25, 0.3) is 0 Å². The summed E-state index contributed by atoms with van der Waals surface area (Å²) in [7, 11) is 0. The molecule has 0 heterocycles. The molecule has 2 nitrogen and oxygen atoms in total. The average Bonchev–Trinajstić information content (AvgIpc) is 2.08. The van der Waals surface area contributed by atoms with Crippen molar-refractivity contribution in [3.05, 3.63) is 24.8 Å². The van der Waals surface area contributed by atoms with Crippen LogP contribution in [-0.4, -0.2) is 5.11 Å². The summed E-state index contributed by atoms with van der Waals surface area (Å²) in [5, 5.41) is 9.96. The van der Waals surface area contributed by atoms with Crippen LogP contribution in [-0.2, 0) is 0 Å². The van der Waals surface area contributed by atoms with Gasteiger partial charge < -0.3 is 10.8 Å². The van der Waals surface area contributed by atoms with Gasteiger partial charge in [-0.3, -0.25) is 0 Å². The molecule has 1 aromatic rings. The number of aromatic hydroxyl groups is 1. The average molecular weight is 468 g/mol. The number of hydrogen-bond acceptors (Lipinski definition) is 2. The standard InChI is InChI=1S/C11H15I2NO.ClH/c1-11(2,3)10(14)7-4-6(12)5-8(13)9(7)15;/h4-5,10,15H,14H2,1-3H3;1H/t10-;/m0./s1. The first-order valence-electron chi connectivity index (χ1n) is 4.67. The molecule has 0 spiro atoms. The largest absolute Gasteiger partial charge is 0.506 e. The summed E-state index contributed by atoms with van der Waals surface area (Å²) < 4.78 is 1.96. The minimum absolute atomic E-state index is 0. The molecular weight excluding hydrogens is 451 g/mol. The molecule has 92 valence electrons. The van der Waals surface area contributed by atoms with Crippen LogP contribution >= 0.6 is 57.6 Å². The van der Waals surface area contributed by atoms with Crippen LogP contribution in [0.4, 0.5) is 0 Å². The van der Waals surface area contributed by atoms with E-state index >= 15 is 0 Å². The van der Waals surface area contributed by atoms with Crippen molar-refractivity contribution < 1.29 is 5.11 Å². The minimum atomic E-state index is -0.152. The predicted octanol–water partition coefficient (Wildman–Crippen LogP) is 4.07. The molecule has 0 fully saturated rings. The molecule has 0 saturated carbocycles. The first kappa shape index (κ1) is 16.7. The van der Waals surface area contributed by atoms with Gasteiger partial charge in [-0.2, -0.15) is 0 Å². The van der Waals surface area contributed by atoms with Gasteiger partial charge in [0.25, 0.3) is 0 Å². The highest BCUT2D eigenvalue weighted by molar-refractivity contribution is 14.1. The summed E-state index contributed by atoms with van der Waals surface area (Å²) in [4.78, 5) is 0. The quantitative estimate of drug-likeness (QED) is 0.612. The highest BCUT2D eigenvalue weighted by atomic mass is 127. The number of phenolic OH excluding ortho intramolecular Hbond substituents is 1. The topological polar surface area (TPSA) is 46.2 Å². The van der Waals surface area contributed by atoms with Crippen LogP contribution in [0.15, 0.2) is 12.1 Å². The number of halogens is 3. The Labute approximate surface area is 130 Å². The van der Waals surface area contributed by atoms with Crippen molar-refractivity contribution in [2.45, 2.75) is 26.8 Å². The van der Waals surface area contributed by atoms with E-state index < -0.39 is 0 Å². The van der Waals surface area contributed by atoms with Gasteiger partial charge in [0, 0.05) is 15.2 Å². The predicted molar refractivity (Wildman–Crippen MR) is 87.2 cm³/mol. The van der Waals surface area contributed by atoms with Crippen molar-refractivity contribution in [1.82, 2.24) is 0 Å². The Balaban J connectivity index is 0.00000225. The zero-order valence-corrected chi connectivity index (χ0v) is 14.6. The van der Waals surface area contributed by atoms with Crippen molar-refractivity contribution in [3.8, 4) is 5.75 Å². The number of benzene rings is 1. The van der Waals surface area contributed by atoms with Crippen molar-refractivity contribution >= 4 is 57.6 Å². The maximum Gasteiger partial charge on any atom is 0.133 e. The van der Waals surface area contributed by atoms with Crippen LogP contribution in [0.1, 0.15) is 32.4 Å². The van der Waals surface area contributed by atoms with Crippen LogP contribution in [0.5, 0.6) is 5.75 Å². The van der Waals surface area contributed by atoms with Gasteiger partial charge in [-0.15, -0.1) is 12.4 Å². The van der Waals surface area contributed by atoms with Crippen LogP contribution in [0.3, 0.4) is 0 Å². The first-order valence-corrected chi connectivity index (χ1v) is 6.82. The van der Waals surface area contributed by atoms with Gasteiger partial charge in [-0.1, -0.05) is 20.8 Å². The van der Waals surface area contributed by atoms with Gasteiger partial charge in [-0.05, 0) is 62.7 Å². The third-order valence-corrected chi connectivity index (χ3v) is 3.77. The van der Waals surface area contributed by atoms with E-state index in [4.69, 9.17) is 5.73 Å². The highest BCUT2D eigenvalue weighted by Crippen LogP contribution is 2.38. The lowest BCUT2D eigenvalue weighted by atomic mass is 9.83. The van der Waals surface area contributed by atoms with Crippen molar-refractivity contribution in [3.63, 3.8) is 0 Å². The molecule has 5 heteroatoms. The summed E-state index contributed by atoms with van der Waals surface area (Å²) in [6.45, 7) is 6.22. The van der Waals surface area contributed by atoms with Crippen molar-refractivity contribution in [2.75, 3.05) is 0 Å². The fourth-order valence-corrected chi connectivity index (χ4v) is 3.18. The molecule has 16 heavy (non-hydrogen) atoms. The van der Waals surface area contributed by atoms with E-state index in [1.807, 2.05) is 12.1 Å². The monoisotopic (exact) mass is 467 g/mol. The van der Waals surface area contributed by atoms with Gasteiger partial charge in [-0.25, -0.2) is 0 Å². The van der Waals surface area contributed by atoms with Crippen LogP contribution in [0.2, 0.25) is 0 Å². The Morgan fingerprint density at radius 2 is 1.75 bits per heavy atom. The molecule has 0 amide bonds. The number of nitrogens with two attached hydrogens (primary N) is 1. The third-order valence-electron chi connectivity index (χ3n) is 2.33. The van der Waals surface area contributed by atoms with Gasteiger partial charge in [0.2, 0.25) is 0 Å². The maximum atomic E-state index is 9.96. The van der Waals surface area contributed by atoms with Crippen molar-refractivity contribution in [1.29, 1.82) is 0 Å². The van der Waals surface area contributed by atoms with E-state index in [1.165, 1.54) is 0 Å². The summed E-state index contributed by atoms with van der Waals surface area (Å²) in [6.07, 6.45) is 0. The normalized spacial score (nSPS) is 13.1. The first-order chi connectivity index (χ1) is 6.73. The fourth-order valence-electron chi connectivity index (χ4n) is 1.29. The zero-order chi connectivity index (χ0) is 11.8. The summed E-state index contributed by atoms with van der Waals surface area (Å²) in [5.41, 5.74) is 6.93. The molecule has 0 aliphatic carbocycles. The second-order valence-electron chi connectivity index (χ2n) is 4.67.